The predicted octanol–water partition coefficient (Wildman–Crippen LogP) is 3.46. The molecular weight excluding hydrogens is 394 g/mol. The number of para-hydroxylation sites is 1. The molecule has 0 saturated carbocycles. The number of hydrogen-bond donors (Lipinski definition) is 1. The first-order chi connectivity index (χ1) is 13.9. The predicted molar refractivity (Wildman–Crippen MR) is 106 cm³/mol. The third-order valence-corrected chi connectivity index (χ3v) is 5.61. The molecule has 0 aliphatic carbocycles. The van der Waals surface area contributed by atoms with Crippen molar-refractivity contribution < 1.29 is 22.6 Å². The summed E-state index contributed by atoms with van der Waals surface area (Å²) in [7, 11) is -3.87. The molecule has 4 rings (SSSR count). The molecule has 0 atom stereocenters. The number of hydrogen-bond acceptors (Lipinski definition) is 7. The lowest BCUT2D eigenvalue weighted by Crippen LogP contribution is -2.18. The second-order valence-corrected chi connectivity index (χ2v) is 8.06. The lowest BCUT2D eigenvalue weighted by atomic mass is 10.3. The Kier molecular flexibility index (Phi) is 4.98. The Balaban J connectivity index is 1.60. The van der Waals surface area contributed by atoms with Gasteiger partial charge in [0.05, 0.1) is 22.0 Å². The van der Waals surface area contributed by atoms with Crippen LogP contribution in [0.3, 0.4) is 0 Å². The summed E-state index contributed by atoms with van der Waals surface area (Å²) in [6, 6.07) is 13.8. The van der Waals surface area contributed by atoms with Crippen LogP contribution in [0.25, 0.3) is 0 Å². The summed E-state index contributed by atoms with van der Waals surface area (Å²) in [5.74, 6) is 1.51. The number of nitrogens with one attached hydrogen (secondary N) is 1. The van der Waals surface area contributed by atoms with Crippen LogP contribution in [0.1, 0.15) is 11.4 Å². The van der Waals surface area contributed by atoms with Crippen LogP contribution in [-0.4, -0.2) is 31.6 Å². The van der Waals surface area contributed by atoms with Crippen LogP contribution in [0.5, 0.6) is 23.3 Å². The third kappa shape index (κ3) is 4.09. The monoisotopic (exact) mass is 413 g/mol. The van der Waals surface area contributed by atoms with Crippen molar-refractivity contribution in [2.45, 2.75) is 18.7 Å². The molecule has 1 aliphatic rings. The van der Waals surface area contributed by atoms with Crippen molar-refractivity contribution in [3.05, 3.63) is 59.9 Å². The van der Waals surface area contributed by atoms with E-state index in [0.29, 0.717) is 47.5 Å². The first-order valence-corrected chi connectivity index (χ1v) is 10.4. The molecule has 1 N–H and O–H groups in total. The SMILES string of the molecule is Cc1nc(Oc2ccccc2)nc(C)c1NS(=O)(=O)c1ccc2c(c1)OCCO2. The van der Waals surface area contributed by atoms with Crippen molar-refractivity contribution >= 4 is 15.7 Å². The van der Waals surface area contributed by atoms with Crippen molar-refractivity contribution in [2.75, 3.05) is 17.9 Å². The highest BCUT2D eigenvalue weighted by Crippen LogP contribution is 2.33. The normalized spacial score (nSPS) is 13.0. The molecule has 9 heteroatoms. The average Bonchev–Trinajstić information content (AvgIpc) is 2.71. The standard InChI is InChI=1S/C20H19N3O5S/c1-13-19(14(2)22-20(21-13)28-15-6-4-3-5-7-15)23-29(24,25)16-8-9-17-18(12-16)27-11-10-26-17/h3-9,12,23H,10-11H2,1-2H3. The van der Waals surface area contributed by atoms with E-state index in [2.05, 4.69) is 14.7 Å². The van der Waals surface area contributed by atoms with Gasteiger partial charge in [-0.2, -0.15) is 9.97 Å². The minimum atomic E-state index is -3.87. The smallest absolute Gasteiger partial charge is 0.322 e. The summed E-state index contributed by atoms with van der Waals surface area (Å²) < 4.78 is 44.9. The summed E-state index contributed by atoms with van der Waals surface area (Å²) in [5, 5.41) is 0. The van der Waals surface area contributed by atoms with Crippen molar-refractivity contribution in [1.82, 2.24) is 9.97 Å². The van der Waals surface area contributed by atoms with Gasteiger partial charge in [-0.25, -0.2) is 8.42 Å². The molecule has 0 fully saturated rings. The highest BCUT2D eigenvalue weighted by Gasteiger charge is 2.22. The van der Waals surface area contributed by atoms with Gasteiger partial charge in [0, 0.05) is 6.07 Å². The number of sulfonamides is 1. The van der Waals surface area contributed by atoms with Crippen molar-refractivity contribution in [2.24, 2.45) is 0 Å². The van der Waals surface area contributed by atoms with Gasteiger partial charge < -0.3 is 14.2 Å². The fourth-order valence-electron chi connectivity index (χ4n) is 2.86. The molecule has 3 aromatic rings. The molecule has 1 aromatic heterocycles. The number of nitrogens with zero attached hydrogens (tertiary/aromatic N) is 2. The first kappa shape index (κ1) is 19.0. The highest BCUT2D eigenvalue weighted by atomic mass is 32.2. The number of anilines is 1. The summed E-state index contributed by atoms with van der Waals surface area (Å²) in [4.78, 5) is 8.61. The first-order valence-electron chi connectivity index (χ1n) is 8.93. The fourth-order valence-corrected chi connectivity index (χ4v) is 4.05. The summed E-state index contributed by atoms with van der Waals surface area (Å²) in [6.07, 6.45) is 0. The van der Waals surface area contributed by atoms with Crippen LogP contribution >= 0.6 is 0 Å². The second-order valence-electron chi connectivity index (χ2n) is 6.38. The topological polar surface area (TPSA) is 99.6 Å². The lowest BCUT2D eigenvalue weighted by molar-refractivity contribution is 0.171. The molecule has 1 aliphatic heterocycles. The number of aromatic nitrogens is 2. The fraction of sp³-hybridized carbons (Fsp3) is 0.200. The van der Waals surface area contributed by atoms with Crippen molar-refractivity contribution in [3.63, 3.8) is 0 Å². The molecule has 0 spiro atoms. The van der Waals surface area contributed by atoms with Gasteiger partial charge in [-0.1, -0.05) is 18.2 Å². The molecule has 8 nitrogen and oxygen atoms in total. The van der Waals surface area contributed by atoms with Crippen molar-refractivity contribution in [1.29, 1.82) is 0 Å². The average molecular weight is 413 g/mol. The number of fused-ring (bicyclic) bond motifs is 1. The minimum absolute atomic E-state index is 0.0603. The quantitative estimate of drug-likeness (QED) is 0.684. The van der Waals surface area contributed by atoms with E-state index < -0.39 is 10.0 Å². The third-order valence-electron chi connectivity index (χ3n) is 4.26. The van der Waals surface area contributed by atoms with Crippen LogP contribution in [-0.2, 0) is 10.0 Å². The van der Waals surface area contributed by atoms with Gasteiger partial charge >= 0.3 is 6.01 Å². The Morgan fingerprint density at radius 1 is 0.931 bits per heavy atom. The number of aryl methyl sites for hydroxylation is 2. The van der Waals surface area contributed by atoms with Gasteiger partial charge in [0.25, 0.3) is 10.0 Å². The Hall–Kier alpha value is -3.33. The van der Waals surface area contributed by atoms with Crippen LogP contribution in [0.2, 0.25) is 0 Å². The maximum Gasteiger partial charge on any atom is 0.322 e. The van der Waals surface area contributed by atoms with Crippen LogP contribution in [0.4, 0.5) is 5.69 Å². The molecule has 0 bridgehead atoms. The van der Waals surface area contributed by atoms with E-state index in [1.54, 1.807) is 32.0 Å². The summed E-state index contributed by atoms with van der Waals surface area (Å²) in [6.45, 7) is 4.19. The molecule has 150 valence electrons. The van der Waals surface area contributed by atoms with Gasteiger partial charge in [0.15, 0.2) is 11.5 Å². The number of rotatable bonds is 5. The molecule has 2 aromatic carbocycles. The molecule has 0 radical (unpaired) electrons. The van der Waals surface area contributed by atoms with E-state index in [0.717, 1.165) is 0 Å². The molecule has 29 heavy (non-hydrogen) atoms. The number of benzene rings is 2. The zero-order chi connectivity index (χ0) is 20.4. The molecule has 0 saturated heterocycles. The van der Waals surface area contributed by atoms with Crippen molar-refractivity contribution in [3.8, 4) is 23.3 Å². The van der Waals surface area contributed by atoms with E-state index in [-0.39, 0.29) is 10.9 Å². The molecular formula is C20H19N3O5S. The van der Waals surface area contributed by atoms with E-state index in [4.69, 9.17) is 14.2 Å². The molecule has 0 unspecified atom stereocenters. The highest BCUT2D eigenvalue weighted by molar-refractivity contribution is 7.92. The summed E-state index contributed by atoms with van der Waals surface area (Å²) in [5.41, 5.74) is 1.20. The van der Waals surface area contributed by atoms with Crippen LogP contribution < -0.4 is 18.9 Å². The maximum atomic E-state index is 12.9. The van der Waals surface area contributed by atoms with Gasteiger partial charge in [-0.3, -0.25) is 4.72 Å². The maximum absolute atomic E-state index is 12.9. The summed E-state index contributed by atoms with van der Waals surface area (Å²) >= 11 is 0. The zero-order valence-electron chi connectivity index (χ0n) is 15.9. The van der Waals surface area contributed by atoms with Gasteiger partial charge in [-0.15, -0.1) is 0 Å². The Bertz CT molecular complexity index is 1130. The largest absolute Gasteiger partial charge is 0.486 e. The van der Waals surface area contributed by atoms with E-state index >= 15 is 0 Å². The van der Waals surface area contributed by atoms with Gasteiger partial charge in [0.2, 0.25) is 0 Å². The lowest BCUT2D eigenvalue weighted by Gasteiger charge is -2.19. The second kappa shape index (κ2) is 7.59. The van der Waals surface area contributed by atoms with E-state index in [9.17, 15) is 8.42 Å². The Labute approximate surface area is 168 Å². The molecule has 0 amide bonds. The number of ether oxygens (including phenoxy) is 3. The van der Waals surface area contributed by atoms with Gasteiger partial charge in [-0.05, 0) is 38.1 Å². The van der Waals surface area contributed by atoms with E-state index in [1.165, 1.54) is 12.1 Å². The van der Waals surface area contributed by atoms with Crippen LogP contribution in [0.15, 0.2) is 53.4 Å². The molecule has 2 heterocycles. The van der Waals surface area contributed by atoms with E-state index in [1.807, 2.05) is 18.2 Å². The van der Waals surface area contributed by atoms with Crippen LogP contribution in [0, 0.1) is 13.8 Å². The van der Waals surface area contributed by atoms with Gasteiger partial charge in [0.1, 0.15) is 19.0 Å². The Morgan fingerprint density at radius 3 is 2.28 bits per heavy atom. The minimum Gasteiger partial charge on any atom is -0.486 e. The Morgan fingerprint density at radius 2 is 1.59 bits per heavy atom. The zero-order valence-corrected chi connectivity index (χ0v) is 16.7.